The molecule has 0 atom stereocenters. The summed E-state index contributed by atoms with van der Waals surface area (Å²) < 4.78 is 14.3. The minimum atomic E-state index is -0.242. The zero-order valence-electron chi connectivity index (χ0n) is 15.2. The molecule has 1 heterocycles. The lowest BCUT2D eigenvalue weighted by Gasteiger charge is -2.13. The van der Waals surface area contributed by atoms with E-state index in [0.29, 0.717) is 13.2 Å². The second-order valence-corrected chi connectivity index (χ2v) is 7.17. The van der Waals surface area contributed by atoms with E-state index in [1.807, 2.05) is 45.3 Å². The van der Waals surface area contributed by atoms with E-state index < -0.39 is 0 Å². The molecule has 0 unspecified atom stereocenters. The van der Waals surface area contributed by atoms with Crippen LogP contribution >= 0.6 is 15.9 Å². The molecule has 0 N–H and O–H groups in total. The summed E-state index contributed by atoms with van der Waals surface area (Å²) in [5.41, 5.74) is 4.14. The van der Waals surface area contributed by atoms with E-state index in [-0.39, 0.29) is 12.4 Å². The number of benzene rings is 2. The van der Waals surface area contributed by atoms with Crippen LogP contribution in [0.5, 0.6) is 5.75 Å². The number of carbonyl (C=O) groups excluding carboxylic acids is 1. The third-order valence-corrected chi connectivity index (χ3v) is 4.93. The van der Waals surface area contributed by atoms with Crippen LogP contribution in [0.3, 0.4) is 0 Å². The summed E-state index contributed by atoms with van der Waals surface area (Å²) in [6, 6.07) is 12.2. The third-order valence-electron chi connectivity index (χ3n) is 4.27. The fourth-order valence-corrected chi connectivity index (χ4v) is 3.56. The summed E-state index contributed by atoms with van der Waals surface area (Å²) in [5, 5.41) is 1.18. The van der Waals surface area contributed by atoms with E-state index >= 15 is 0 Å². The molecule has 0 spiro atoms. The Kier molecular flexibility index (Phi) is 5.67. The number of nitrogens with zero attached hydrogens (tertiary/aromatic N) is 1. The number of aromatic nitrogens is 1. The van der Waals surface area contributed by atoms with Gasteiger partial charge in [0, 0.05) is 34.2 Å². The van der Waals surface area contributed by atoms with E-state index in [1.165, 1.54) is 5.39 Å². The number of hydrogen-bond acceptors (Lipinski definition) is 3. The van der Waals surface area contributed by atoms with E-state index in [9.17, 15) is 4.79 Å². The van der Waals surface area contributed by atoms with Gasteiger partial charge >= 0.3 is 5.97 Å². The molecule has 4 nitrogen and oxygen atoms in total. The molecule has 3 rings (SSSR count). The maximum absolute atomic E-state index is 11.8. The van der Waals surface area contributed by atoms with Crippen LogP contribution in [-0.4, -0.2) is 17.1 Å². The molecular weight excluding hydrogens is 394 g/mol. The van der Waals surface area contributed by atoms with Crippen molar-refractivity contribution in [2.45, 2.75) is 26.9 Å². The first-order valence-electron chi connectivity index (χ1n) is 8.59. The lowest BCUT2D eigenvalue weighted by Crippen LogP contribution is -2.09. The van der Waals surface area contributed by atoms with E-state index in [4.69, 9.17) is 9.47 Å². The fraction of sp³-hybridized carbons (Fsp3) is 0.286. The van der Waals surface area contributed by atoms with Crippen molar-refractivity contribution < 1.29 is 14.3 Å². The maximum atomic E-state index is 11.8. The highest BCUT2D eigenvalue weighted by atomic mass is 79.9. The van der Waals surface area contributed by atoms with Crippen molar-refractivity contribution in [3.05, 3.63) is 63.8 Å². The van der Waals surface area contributed by atoms with Crippen LogP contribution in [0.15, 0.2) is 47.1 Å². The molecule has 0 bridgehead atoms. The Hall–Kier alpha value is -2.27. The van der Waals surface area contributed by atoms with E-state index in [2.05, 4.69) is 38.7 Å². The molecule has 0 amide bonds. The largest absolute Gasteiger partial charge is 0.489 e. The van der Waals surface area contributed by atoms with Gasteiger partial charge in [-0.1, -0.05) is 28.1 Å². The lowest BCUT2D eigenvalue weighted by atomic mass is 10.1. The van der Waals surface area contributed by atoms with Gasteiger partial charge < -0.3 is 14.0 Å². The Morgan fingerprint density at radius 2 is 2.00 bits per heavy atom. The van der Waals surface area contributed by atoms with Gasteiger partial charge in [0.25, 0.3) is 0 Å². The molecule has 2 aromatic carbocycles. The number of aryl methyl sites for hydroxylation is 2. The predicted octanol–water partition coefficient (Wildman–Crippen LogP) is 4.93. The minimum Gasteiger partial charge on any atom is -0.489 e. The molecule has 0 fully saturated rings. The average molecular weight is 416 g/mol. The van der Waals surface area contributed by atoms with Gasteiger partial charge in [-0.25, -0.2) is 0 Å². The van der Waals surface area contributed by atoms with E-state index in [0.717, 1.165) is 32.4 Å². The molecule has 0 aliphatic carbocycles. The monoisotopic (exact) mass is 415 g/mol. The summed E-state index contributed by atoms with van der Waals surface area (Å²) in [6.45, 7) is 4.63. The van der Waals surface area contributed by atoms with Crippen molar-refractivity contribution in [3.8, 4) is 5.75 Å². The first kappa shape index (κ1) is 18.5. The van der Waals surface area contributed by atoms with Gasteiger partial charge in [-0.2, -0.15) is 0 Å². The molecule has 3 aromatic rings. The van der Waals surface area contributed by atoms with Gasteiger partial charge in [-0.15, -0.1) is 0 Å². The molecule has 5 heteroatoms. The Labute approximate surface area is 161 Å². The van der Waals surface area contributed by atoms with Gasteiger partial charge in [0.05, 0.1) is 13.0 Å². The van der Waals surface area contributed by atoms with Gasteiger partial charge in [0.15, 0.2) is 0 Å². The van der Waals surface area contributed by atoms with Crippen LogP contribution < -0.4 is 4.74 Å². The van der Waals surface area contributed by atoms with Crippen molar-refractivity contribution in [1.82, 2.24) is 4.57 Å². The van der Waals surface area contributed by atoms with Crippen LogP contribution in [0.1, 0.15) is 23.6 Å². The zero-order chi connectivity index (χ0) is 18.7. The molecule has 0 radical (unpaired) electrons. The molecular formula is C21H22BrNO3. The Bertz CT molecular complexity index is 946. The summed E-state index contributed by atoms with van der Waals surface area (Å²) in [6.07, 6.45) is 2.25. The number of rotatable bonds is 6. The molecule has 0 aliphatic rings. The quantitative estimate of drug-likeness (QED) is 0.535. The van der Waals surface area contributed by atoms with Crippen LogP contribution in [0.2, 0.25) is 0 Å². The minimum absolute atomic E-state index is 0.212. The normalized spacial score (nSPS) is 10.9. The van der Waals surface area contributed by atoms with Crippen molar-refractivity contribution in [2.24, 2.45) is 7.05 Å². The smallest absolute Gasteiger partial charge is 0.310 e. The summed E-state index contributed by atoms with van der Waals surface area (Å²) >= 11 is 3.63. The number of fused-ring (bicyclic) bond motifs is 1. The summed E-state index contributed by atoms with van der Waals surface area (Å²) in [7, 11) is 2.03. The molecule has 0 saturated heterocycles. The van der Waals surface area contributed by atoms with Crippen molar-refractivity contribution in [2.75, 3.05) is 6.61 Å². The lowest BCUT2D eigenvalue weighted by molar-refractivity contribution is -0.142. The van der Waals surface area contributed by atoms with Gasteiger partial charge in [0.1, 0.15) is 12.4 Å². The van der Waals surface area contributed by atoms with Gasteiger partial charge in [0.2, 0.25) is 0 Å². The highest BCUT2D eigenvalue weighted by Gasteiger charge is 2.12. The highest BCUT2D eigenvalue weighted by Crippen LogP contribution is 2.28. The maximum Gasteiger partial charge on any atom is 0.310 e. The Morgan fingerprint density at radius 3 is 2.77 bits per heavy atom. The number of carbonyl (C=O) groups is 1. The van der Waals surface area contributed by atoms with Gasteiger partial charge in [-0.3, -0.25) is 4.79 Å². The predicted molar refractivity (Wildman–Crippen MR) is 106 cm³/mol. The SMILES string of the molecule is CCOC(=O)Cc1ccc(C)cc1OCc1cc(Br)c2ccn(C)c2c1. The van der Waals surface area contributed by atoms with Crippen LogP contribution in [0, 0.1) is 6.92 Å². The number of esters is 1. The van der Waals surface area contributed by atoms with Crippen LogP contribution in [-0.2, 0) is 29.6 Å². The molecule has 1 aromatic heterocycles. The summed E-state index contributed by atoms with van der Waals surface area (Å²) in [4.78, 5) is 11.8. The molecule has 0 aliphatic heterocycles. The van der Waals surface area contributed by atoms with Crippen LogP contribution in [0.4, 0.5) is 0 Å². The Morgan fingerprint density at radius 1 is 1.19 bits per heavy atom. The van der Waals surface area contributed by atoms with Crippen LogP contribution in [0.25, 0.3) is 10.9 Å². The molecule has 136 valence electrons. The van der Waals surface area contributed by atoms with E-state index in [1.54, 1.807) is 0 Å². The zero-order valence-corrected chi connectivity index (χ0v) is 16.8. The average Bonchev–Trinajstić information content (AvgIpc) is 2.97. The number of ether oxygens (including phenoxy) is 2. The number of hydrogen-bond donors (Lipinski definition) is 0. The van der Waals surface area contributed by atoms with Crippen molar-refractivity contribution in [3.63, 3.8) is 0 Å². The standard InChI is InChI=1S/C21H22BrNO3/c1-4-25-21(24)12-16-6-5-14(2)9-20(16)26-13-15-10-18(22)17-7-8-23(3)19(17)11-15/h5-11H,4,12-13H2,1-3H3. The summed E-state index contributed by atoms with van der Waals surface area (Å²) in [5.74, 6) is 0.482. The second kappa shape index (κ2) is 7.96. The second-order valence-electron chi connectivity index (χ2n) is 6.32. The fourth-order valence-electron chi connectivity index (χ4n) is 2.94. The third kappa shape index (κ3) is 4.10. The first-order chi connectivity index (χ1) is 12.5. The van der Waals surface area contributed by atoms with Gasteiger partial charge in [-0.05, 0) is 49.2 Å². The first-order valence-corrected chi connectivity index (χ1v) is 9.38. The van der Waals surface area contributed by atoms with Crippen molar-refractivity contribution in [1.29, 1.82) is 0 Å². The number of halogens is 1. The topological polar surface area (TPSA) is 40.5 Å². The Balaban J connectivity index is 1.82. The highest BCUT2D eigenvalue weighted by molar-refractivity contribution is 9.10. The molecule has 0 saturated carbocycles. The van der Waals surface area contributed by atoms with Crippen molar-refractivity contribution >= 4 is 32.8 Å². The molecule has 26 heavy (non-hydrogen) atoms.